The SMILES string of the molecule is CC(N)Cc1nc(N2CCOCC2)no1. The van der Waals surface area contributed by atoms with Crippen LogP contribution in [0.25, 0.3) is 0 Å². The van der Waals surface area contributed by atoms with Crippen molar-refractivity contribution in [3.8, 4) is 0 Å². The van der Waals surface area contributed by atoms with Crippen molar-refractivity contribution in [1.29, 1.82) is 0 Å². The Morgan fingerprint density at radius 3 is 2.87 bits per heavy atom. The summed E-state index contributed by atoms with van der Waals surface area (Å²) in [6.07, 6.45) is 0.622. The van der Waals surface area contributed by atoms with Crippen LogP contribution in [0.5, 0.6) is 0 Å². The maximum absolute atomic E-state index is 5.65. The lowest BCUT2D eigenvalue weighted by Crippen LogP contribution is -2.36. The third-order valence-corrected chi connectivity index (χ3v) is 2.25. The molecule has 1 aliphatic rings. The molecule has 2 heterocycles. The largest absolute Gasteiger partial charge is 0.378 e. The van der Waals surface area contributed by atoms with E-state index in [0.717, 1.165) is 26.3 Å². The van der Waals surface area contributed by atoms with Crippen LogP contribution in [-0.2, 0) is 11.2 Å². The molecule has 2 N–H and O–H groups in total. The van der Waals surface area contributed by atoms with Gasteiger partial charge in [-0.3, -0.25) is 0 Å². The number of anilines is 1. The van der Waals surface area contributed by atoms with Gasteiger partial charge in [-0.1, -0.05) is 0 Å². The Morgan fingerprint density at radius 1 is 1.47 bits per heavy atom. The van der Waals surface area contributed by atoms with E-state index in [0.29, 0.717) is 18.3 Å². The van der Waals surface area contributed by atoms with Crippen LogP contribution in [0.4, 0.5) is 5.95 Å². The second-order valence-electron chi connectivity index (χ2n) is 3.77. The first-order chi connectivity index (χ1) is 7.25. The molecular weight excluding hydrogens is 196 g/mol. The molecule has 1 aliphatic heterocycles. The van der Waals surface area contributed by atoms with Gasteiger partial charge in [0.25, 0.3) is 5.95 Å². The Bertz CT molecular complexity index is 307. The summed E-state index contributed by atoms with van der Waals surface area (Å²) >= 11 is 0. The van der Waals surface area contributed by atoms with Crippen LogP contribution in [0.1, 0.15) is 12.8 Å². The molecule has 2 rings (SSSR count). The molecule has 0 amide bonds. The average molecular weight is 212 g/mol. The van der Waals surface area contributed by atoms with E-state index >= 15 is 0 Å². The van der Waals surface area contributed by atoms with Crippen LogP contribution in [0.2, 0.25) is 0 Å². The molecule has 15 heavy (non-hydrogen) atoms. The molecule has 0 bridgehead atoms. The second kappa shape index (κ2) is 4.59. The van der Waals surface area contributed by atoms with Crippen LogP contribution in [-0.4, -0.2) is 42.5 Å². The highest BCUT2D eigenvalue weighted by molar-refractivity contribution is 5.28. The van der Waals surface area contributed by atoms with E-state index in [-0.39, 0.29) is 6.04 Å². The number of nitrogens with zero attached hydrogens (tertiary/aromatic N) is 3. The zero-order chi connectivity index (χ0) is 10.7. The molecule has 1 atom stereocenters. The molecule has 1 saturated heterocycles. The summed E-state index contributed by atoms with van der Waals surface area (Å²) in [5.41, 5.74) is 5.65. The third kappa shape index (κ3) is 2.66. The van der Waals surface area contributed by atoms with Crippen molar-refractivity contribution in [1.82, 2.24) is 10.1 Å². The van der Waals surface area contributed by atoms with Crippen molar-refractivity contribution in [2.45, 2.75) is 19.4 Å². The minimum atomic E-state index is 0.0444. The summed E-state index contributed by atoms with van der Waals surface area (Å²) in [6.45, 7) is 4.99. The number of nitrogens with two attached hydrogens (primary N) is 1. The molecule has 0 radical (unpaired) electrons. The summed E-state index contributed by atoms with van der Waals surface area (Å²) in [7, 11) is 0. The normalized spacial score (nSPS) is 19.2. The van der Waals surface area contributed by atoms with Gasteiger partial charge >= 0.3 is 0 Å². The predicted octanol–water partition coefficient (Wildman–Crippen LogP) is -0.204. The summed E-state index contributed by atoms with van der Waals surface area (Å²) < 4.78 is 10.3. The van der Waals surface area contributed by atoms with Gasteiger partial charge in [0.15, 0.2) is 0 Å². The fourth-order valence-electron chi connectivity index (χ4n) is 1.50. The van der Waals surface area contributed by atoms with Crippen LogP contribution in [0.3, 0.4) is 0 Å². The summed E-state index contributed by atoms with van der Waals surface area (Å²) in [5, 5.41) is 3.92. The van der Waals surface area contributed by atoms with Gasteiger partial charge in [0, 0.05) is 25.6 Å². The number of aromatic nitrogens is 2. The molecule has 0 aromatic carbocycles. The standard InChI is InChI=1S/C9H16N4O2/c1-7(10)6-8-11-9(12-15-8)13-2-4-14-5-3-13/h7H,2-6,10H2,1H3. The molecule has 1 aromatic heterocycles. The topological polar surface area (TPSA) is 77.4 Å². The van der Waals surface area contributed by atoms with Crippen molar-refractivity contribution in [3.05, 3.63) is 5.89 Å². The predicted molar refractivity (Wildman–Crippen MR) is 54.7 cm³/mol. The van der Waals surface area contributed by atoms with E-state index in [9.17, 15) is 0 Å². The Kier molecular flexibility index (Phi) is 3.17. The first-order valence-corrected chi connectivity index (χ1v) is 5.16. The quantitative estimate of drug-likeness (QED) is 0.747. The maximum Gasteiger partial charge on any atom is 0.266 e. The van der Waals surface area contributed by atoms with Crippen LogP contribution in [0.15, 0.2) is 4.52 Å². The molecule has 1 fully saturated rings. The highest BCUT2D eigenvalue weighted by Gasteiger charge is 2.17. The van der Waals surface area contributed by atoms with Gasteiger partial charge in [0.1, 0.15) is 0 Å². The van der Waals surface area contributed by atoms with E-state index in [2.05, 4.69) is 15.0 Å². The van der Waals surface area contributed by atoms with Crippen LogP contribution in [0, 0.1) is 0 Å². The Morgan fingerprint density at radius 2 is 2.20 bits per heavy atom. The van der Waals surface area contributed by atoms with E-state index in [1.165, 1.54) is 0 Å². The Labute approximate surface area is 88.4 Å². The van der Waals surface area contributed by atoms with E-state index < -0.39 is 0 Å². The molecule has 84 valence electrons. The average Bonchev–Trinajstić information content (AvgIpc) is 2.67. The fourth-order valence-corrected chi connectivity index (χ4v) is 1.50. The molecule has 1 unspecified atom stereocenters. The van der Waals surface area contributed by atoms with E-state index in [1.54, 1.807) is 0 Å². The van der Waals surface area contributed by atoms with Crippen LogP contribution < -0.4 is 10.6 Å². The number of hydrogen-bond donors (Lipinski definition) is 1. The van der Waals surface area contributed by atoms with Gasteiger partial charge in [-0.2, -0.15) is 4.98 Å². The monoisotopic (exact) mass is 212 g/mol. The Balaban J connectivity index is 1.99. The summed E-state index contributed by atoms with van der Waals surface area (Å²) in [4.78, 5) is 6.34. The smallest absolute Gasteiger partial charge is 0.266 e. The number of hydrogen-bond acceptors (Lipinski definition) is 6. The summed E-state index contributed by atoms with van der Waals surface area (Å²) in [6, 6.07) is 0.0444. The zero-order valence-corrected chi connectivity index (χ0v) is 8.85. The molecule has 0 aliphatic carbocycles. The lowest BCUT2D eigenvalue weighted by Gasteiger charge is -2.24. The van der Waals surface area contributed by atoms with Gasteiger partial charge in [-0.25, -0.2) is 0 Å². The number of ether oxygens (including phenoxy) is 1. The molecule has 6 heteroatoms. The number of morpholine rings is 1. The van der Waals surface area contributed by atoms with E-state index in [1.807, 2.05) is 6.92 Å². The molecule has 0 saturated carbocycles. The minimum absolute atomic E-state index is 0.0444. The first kappa shape index (κ1) is 10.4. The van der Waals surface area contributed by atoms with Crippen molar-refractivity contribution in [3.63, 3.8) is 0 Å². The highest BCUT2D eigenvalue weighted by atomic mass is 16.5. The maximum atomic E-state index is 5.65. The zero-order valence-electron chi connectivity index (χ0n) is 8.85. The highest BCUT2D eigenvalue weighted by Crippen LogP contribution is 2.11. The molecule has 0 spiro atoms. The lowest BCUT2D eigenvalue weighted by molar-refractivity contribution is 0.121. The van der Waals surface area contributed by atoms with E-state index in [4.69, 9.17) is 15.0 Å². The Hall–Kier alpha value is -1.14. The lowest BCUT2D eigenvalue weighted by atomic mass is 10.2. The first-order valence-electron chi connectivity index (χ1n) is 5.16. The van der Waals surface area contributed by atoms with Gasteiger partial charge < -0.3 is 19.9 Å². The van der Waals surface area contributed by atoms with Crippen molar-refractivity contribution in [2.75, 3.05) is 31.2 Å². The molecule has 6 nitrogen and oxygen atoms in total. The van der Waals surface area contributed by atoms with Gasteiger partial charge in [0.2, 0.25) is 5.89 Å². The van der Waals surface area contributed by atoms with Crippen molar-refractivity contribution >= 4 is 5.95 Å². The minimum Gasteiger partial charge on any atom is -0.378 e. The second-order valence-corrected chi connectivity index (χ2v) is 3.77. The van der Waals surface area contributed by atoms with Gasteiger partial charge in [-0.15, -0.1) is 0 Å². The van der Waals surface area contributed by atoms with Gasteiger partial charge in [-0.05, 0) is 12.1 Å². The van der Waals surface area contributed by atoms with Crippen molar-refractivity contribution in [2.24, 2.45) is 5.73 Å². The van der Waals surface area contributed by atoms with Gasteiger partial charge in [0.05, 0.1) is 13.2 Å². The van der Waals surface area contributed by atoms with Crippen LogP contribution >= 0.6 is 0 Å². The molecular formula is C9H16N4O2. The fraction of sp³-hybridized carbons (Fsp3) is 0.778. The van der Waals surface area contributed by atoms with Crippen molar-refractivity contribution < 1.29 is 9.26 Å². The number of rotatable bonds is 3. The molecule has 1 aromatic rings. The summed E-state index contributed by atoms with van der Waals surface area (Å²) in [5.74, 6) is 1.25. The third-order valence-electron chi connectivity index (χ3n) is 2.25.